The SMILES string of the molecule is O=C1N(c2ccccc2)CC=CC(c2ccccc2)C1(Cl)Cl. The maximum atomic E-state index is 12.9. The first-order chi connectivity index (χ1) is 10.6. The van der Waals surface area contributed by atoms with Crippen LogP contribution in [0.2, 0.25) is 0 Å². The number of carbonyl (C=O) groups is 1. The van der Waals surface area contributed by atoms with Crippen LogP contribution in [0.1, 0.15) is 11.5 Å². The molecule has 0 bridgehead atoms. The van der Waals surface area contributed by atoms with Gasteiger partial charge in [0.1, 0.15) is 0 Å². The van der Waals surface area contributed by atoms with Crippen molar-refractivity contribution in [2.45, 2.75) is 10.3 Å². The van der Waals surface area contributed by atoms with E-state index in [4.69, 9.17) is 23.2 Å². The van der Waals surface area contributed by atoms with Crippen molar-refractivity contribution in [2.24, 2.45) is 0 Å². The van der Waals surface area contributed by atoms with E-state index in [0.29, 0.717) is 6.54 Å². The summed E-state index contributed by atoms with van der Waals surface area (Å²) in [5, 5.41) is 0. The molecule has 0 fully saturated rings. The smallest absolute Gasteiger partial charge is 0.264 e. The lowest BCUT2D eigenvalue weighted by Gasteiger charge is -2.30. The molecule has 1 aliphatic heterocycles. The van der Waals surface area contributed by atoms with E-state index in [-0.39, 0.29) is 11.8 Å². The number of allylic oxidation sites excluding steroid dienone is 1. The summed E-state index contributed by atoms with van der Waals surface area (Å²) >= 11 is 13.0. The maximum absolute atomic E-state index is 12.9. The summed E-state index contributed by atoms with van der Waals surface area (Å²) in [6.07, 6.45) is 3.85. The average Bonchev–Trinajstić information content (AvgIpc) is 2.66. The lowest BCUT2D eigenvalue weighted by molar-refractivity contribution is -0.119. The van der Waals surface area contributed by atoms with Crippen LogP contribution in [-0.4, -0.2) is 16.8 Å². The Morgan fingerprint density at radius 1 is 0.955 bits per heavy atom. The number of hydrogen-bond acceptors (Lipinski definition) is 1. The van der Waals surface area contributed by atoms with Gasteiger partial charge in [0.25, 0.3) is 5.91 Å². The Morgan fingerprint density at radius 2 is 1.55 bits per heavy atom. The Balaban J connectivity index is 1.99. The van der Waals surface area contributed by atoms with E-state index in [1.165, 1.54) is 0 Å². The second-order valence-electron chi connectivity index (χ2n) is 5.19. The van der Waals surface area contributed by atoms with Gasteiger partial charge in [0.2, 0.25) is 4.33 Å². The van der Waals surface area contributed by atoms with Crippen LogP contribution in [0.25, 0.3) is 0 Å². The van der Waals surface area contributed by atoms with Crippen LogP contribution in [-0.2, 0) is 4.79 Å². The fourth-order valence-corrected chi connectivity index (χ4v) is 3.23. The molecule has 0 N–H and O–H groups in total. The molecule has 2 aromatic rings. The molecule has 1 atom stereocenters. The summed E-state index contributed by atoms with van der Waals surface area (Å²) in [6.45, 7) is 0.452. The molecule has 1 amide bonds. The molecule has 2 aromatic carbocycles. The first-order valence-corrected chi connectivity index (χ1v) is 7.83. The van der Waals surface area contributed by atoms with Gasteiger partial charge < -0.3 is 4.90 Å². The van der Waals surface area contributed by atoms with Crippen molar-refractivity contribution in [1.29, 1.82) is 0 Å². The third-order valence-electron chi connectivity index (χ3n) is 3.76. The number of halogens is 2. The largest absolute Gasteiger partial charge is 0.306 e. The first kappa shape index (κ1) is 15.1. The van der Waals surface area contributed by atoms with Crippen LogP contribution >= 0.6 is 23.2 Å². The van der Waals surface area contributed by atoms with Crippen LogP contribution < -0.4 is 4.90 Å². The second-order valence-corrected chi connectivity index (χ2v) is 6.58. The van der Waals surface area contributed by atoms with Crippen molar-refractivity contribution in [3.63, 3.8) is 0 Å². The van der Waals surface area contributed by atoms with Crippen LogP contribution in [0.5, 0.6) is 0 Å². The van der Waals surface area contributed by atoms with Gasteiger partial charge in [-0.25, -0.2) is 0 Å². The van der Waals surface area contributed by atoms with Gasteiger partial charge >= 0.3 is 0 Å². The number of anilines is 1. The molecule has 0 saturated heterocycles. The molecule has 1 unspecified atom stereocenters. The van der Waals surface area contributed by atoms with E-state index in [1.54, 1.807) is 4.90 Å². The van der Waals surface area contributed by atoms with Gasteiger partial charge in [-0.1, -0.05) is 83.9 Å². The zero-order chi connectivity index (χ0) is 15.6. The molecule has 0 aromatic heterocycles. The normalized spacial score (nSPS) is 20.7. The average molecular weight is 332 g/mol. The molecule has 22 heavy (non-hydrogen) atoms. The Bertz CT molecular complexity index is 683. The van der Waals surface area contributed by atoms with Gasteiger partial charge in [-0.05, 0) is 17.7 Å². The molecule has 2 nitrogen and oxygen atoms in total. The second kappa shape index (κ2) is 6.15. The minimum atomic E-state index is -1.54. The van der Waals surface area contributed by atoms with Gasteiger partial charge in [-0.15, -0.1) is 0 Å². The number of amides is 1. The van der Waals surface area contributed by atoms with Crippen molar-refractivity contribution in [3.05, 3.63) is 78.4 Å². The first-order valence-electron chi connectivity index (χ1n) is 7.07. The Labute approximate surface area is 140 Å². The van der Waals surface area contributed by atoms with E-state index in [0.717, 1.165) is 11.3 Å². The molecule has 112 valence electrons. The lowest BCUT2D eigenvalue weighted by atomic mass is 9.94. The quantitative estimate of drug-likeness (QED) is 0.584. The standard InChI is InChI=1S/C18H15Cl2NO/c19-18(20)16(14-8-3-1-4-9-14)12-7-13-21(17(18)22)15-10-5-2-6-11-15/h1-12,16H,13H2. The van der Waals surface area contributed by atoms with E-state index in [1.807, 2.05) is 72.8 Å². The number of carbonyl (C=O) groups excluding carboxylic acids is 1. The van der Waals surface area contributed by atoms with Crippen LogP contribution in [0.3, 0.4) is 0 Å². The van der Waals surface area contributed by atoms with E-state index in [2.05, 4.69) is 0 Å². The molecular formula is C18H15Cl2NO. The molecule has 1 heterocycles. The molecule has 1 aliphatic rings. The van der Waals surface area contributed by atoms with Gasteiger partial charge in [0.05, 0.1) is 0 Å². The van der Waals surface area contributed by atoms with Crippen LogP contribution in [0, 0.1) is 0 Å². The number of rotatable bonds is 2. The van der Waals surface area contributed by atoms with Crippen molar-refractivity contribution < 1.29 is 4.79 Å². The van der Waals surface area contributed by atoms with Gasteiger partial charge in [0, 0.05) is 18.2 Å². The number of alkyl halides is 2. The predicted molar refractivity (Wildman–Crippen MR) is 91.6 cm³/mol. The summed E-state index contributed by atoms with van der Waals surface area (Å²) in [6, 6.07) is 19.0. The summed E-state index contributed by atoms with van der Waals surface area (Å²) in [7, 11) is 0. The predicted octanol–water partition coefficient (Wildman–Crippen LogP) is 4.55. The third-order valence-corrected chi connectivity index (χ3v) is 4.56. The highest BCUT2D eigenvalue weighted by molar-refractivity contribution is 6.60. The highest BCUT2D eigenvalue weighted by atomic mass is 35.5. The Hall–Kier alpha value is -1.77. The number of hydrogen-bond donors (Lipinski definition) is 0. The molecule has 3 rings (SSSR count). The summed E-state index contributed by atoms with van der Waals surface area (Å²) in [5.41, 5.74) is 1.71. The summed E-state index contributed by atoms with van der Waals surface area (Å²) in [4.78, 5) is 14.5. The zero-order valence-electron chi connectivity index (χ0n) is 11.8. The van der Waals surface area contributed by atoms with E-state index >= 15 is 0 Å². The van der Waals surface area contributed by atoms with Gasteiger partial charge in [-0.3, -0.25) is 4.79 Å². The highest BCUT2D eigenvalue weighted by Gasteiger charge is 2.45. The summed E-state index contributed by atoms with van der Waals surface area (Å²) < 4.78 is -1.54. The van der Waals surface area contributed by atoms with Gasteiger partial charge in [0.15, 0.2) is 0 Å². The van der Waals surface area contributed by atoms with Crippen molar-refractivity contribution >= 4 is 34.8 Å². The minimum absolute atomic E-state index is 0.305. The fraction of sp³-hybridized carbons (Fsp3) is 0.167. The van der Waals surface area contributed by atoms with Crippen molar-refractivity contribution in [3.8, 4) is 0 Å². The Morgan fingerprint density at radius 3 is 2.18 bits per heavy atom. The molecule has 0 spiro atoms. The van der Waals surface area contributed by atoms with E-state index < -0.39 is 4.33 Å². The summed E-state index contributed by atoms with van der Waals surface area (Å²) in [5.74, 6) is -0.681. The molecule has 0 saturated carbocycles. The fourth-order valence-electron chi connectivity index (χ4n) is 2.63. The Kier molecular flexibility index (Phi) is 4.23. The molecule has 0 aliphatic carbocycles. The molecular weight excluding hydrogens is 317 g/mol. The van der Waals surface area contributed by atoms with Gasteiger partial charge in [-0.2, -0.15) is 0 Å². The highest BCUT2D eigenvalue weighted by Crippen LogP contribution is 2.42. The van der Waals surface area contributed by atoms with E-state index in [9.17, 15) is 4.79 Å². The number of para-hydroxylation sites is 1. The molecule has 4 heteroatoms. The van der Waals surface area contributed by atoms with Crippen molar-refractivity contribution in [1.82, 2.24) is 0 Å². The van der Waals surface area contributed by atoms with Crippen LogP contribution in [0.4, 0.5) is 5.69 Å². The van der Waals surface area contributed by atoms with Crippen LogP contribution in [0.15, 0.2) is 72.8 Å². The monoisotopic (exact) mass is 331 g/mol. The topological polar surface area (TPSA) is 20.3 Å². The minimum Gasteiger partial charge on any atom is -0.306 e. The lowest BCUT2D eigenvalue weighted by Crippen LogP contribution is -2.44. The maximum Gasteiger partial charge on any atom is 0.264 e. The van der Waals surface area contributed by atoms with Crippen molar-refractivity contribution in [2.75, 3.05) is 11.4 Å². The zero-order valence-corrected chi connectivity index (χ0v) is 13.3. The number of benzene rings is 2. The number of nitrogens with zero attached hydrogens (tertiary/aromatic N) is 1. The molecule has 0 radical (unpaired) electrons. The third kappa shape index (κ3) is 2.77.